The average Bonchev–Trinajstić information content (AvgIpc) is 3.53. The zero-order valence-corrected chi connectivity index (χ0v) is 57.0. The first kappa shape index (κ1) is 81.7. The minimum atomic E-state index is -4.46. The van der Waals surface area contributed by atoms with Crippen molar-refractivity contribution in [3.8, 4) is 0 Å². The lowest BCUT2D eigenvalue weighted by Crippen LogP contribution is -2.47. The molecule has 0 aliphatic rings. The van der Waals surface area contributed by atoms with E-state index in [1.165, 1.54) is 141 Å². The van der Waals surface area contributed by atoms with Gasteiger partial charge in [0.2, 0.25) is 5.91 Å². The Morgan fingerprint density at radius 1 is 0.424 bits per heavy atom. The lowest BCUT2D eigenvalue weighted by atomic mass is 10.0. The van der Waals surface area contributed by atoms with E-state index in [-0.39, 0.29) is 31.5 Å². The van der Waals surface area contributed by atoms with Crippen molar-refractivity contribution in [2.45, 2.75) is 315 Å². The van der Waals surface area contributed by atoms with Crippen molar-refractivity contribution in [1.29, 1.82) is 0 Å². The minimum Gasteiger partial charge on any atom is -0.456 e. The Balaban J connectivity index is 5.13. The lowest BCUT2D eigenvalue weighted by molar-refractivity contribution is -0.870. The Kier molecular flexibility index (Phi) is 61.2. The van der Waals surface area contributed by atoms with Crippen molar-refractivity contribution in [1.82, 2.24) is 5.32 Å². The third kappa shape index (κ3) is 65.0. The fourth-order valence-electron chi connectivity index (χ4n) is 9.80. The molecule has 3 unspecified atom stereocenters. The van der Waals surface area contributed by atoms with E-state index in [4.69, 9.17) is 13.8 Å². The molecular formula is C75H134N2O7P+. The Hall–Kier alpha value is -3.33. The van der Waals surface area contributed by atoms with E-state index in [2.05, 4.69) is 123 Å². The summed E-state index contributed by atoms with van der Waals surface area (Å²) >= 11 is 0. The number of ether oxygens (including phenoxy) is 1. The fourth-order valence-corrected chi connectivity index (χ4v) is 10.5. The van der Waals surface area contributed by atoms with Crippen LogP contribution < -0.4 is 5.32 Å². The molecule has 0 bridgehead atoms. The maximum Gasteiger partial charge on any atom is 0.472 e. The number of phosphoric acid groups is 1. The van der Waals surface area contributed by atoms with Crippen LogP contribution in [0.3, 0.4) is 0 Å². The molecule has 3 atom stereocenters. The average molecular weight is 1210 g/mol. The monoisotopic (exact) mass is 1210 g/mol. The van der Waals surface area contributed by atoms with E-state index in [0.29, 0.717) is 17.4 Å². The summed E-state index contributed by atoms with van der Waals surface area (Å²) in [5.41, 5.74) is 0. The predicted octanol–water partition coefficient (Wildman–Crippen LogP) is 22.5. The summed E-state index contributed by atoms with van der Waals surface area (Å²) in [7, 11) is 1.48. The van der Waals surface area contributed by atoms with Gasteiger partial charge in [-0.1, -0.05) is 285 Å². The maximum atomic E-state index is 13.6. The highest BCUT2D eigenvalue weighted by Gasteiger charge is 2.30. The molecule has 0 spiro atoms. The van der Waals surface area contributed by atoms with E-state index in [0.717, 1.165) is 128 Å². The number of quaternary nitrogens is 1. The first-order valence-corrected chi connectivity index (χ1v) is 36.7. The molecule has 85 heavy (non-hydrogen) atoms. The smallest absolute Gasteiger partial charge is 0.456 e. The molecule has 0 saturated heterocycles. The number of phosphoric ester groups is 1. The molecule has 1 amide bonds. The standard InChI is InChI=1S/C75H133N2O7P/c1-7-10-13-16-19-22-25-28-30-32-34-35-36-37-38-39-40-41-43-44-46-49-52-55-58-61-64-67-74(78)76-72(71-83-85(80,81)82-70-69-77(4,5)6)73(66-63-60-57-54-51-48-27-24-21-18-15-12-9-3)84-75(79)68-65-62-59-56-53-50-47-45-42-33-31-29-26-23-20-17-14-11-8-2/h10,13,19-20,22-23,28-31,34-35,37-38,42,45,63,66,72-73H,7-9,11-12,14-18,21,24-27,32-33,36,39-41,43-44,46-62,64-65,67-71H2,1-6H3,(H-,76,78,80,81)/p+1/b13-10-,22-19-,23-20-,30-28-,31-29-,35-34-,38-37-,45-42-,66-63-. The highest BCUT2D eigenvalue weighted by Crippen LogP contribution is 2.43. The molecule has 0 aliphatic carbocycles. The largest absolute Gasteiger partial charge is 0.472 e. The minimum absolute atomic E-state index is 0.0329. The van der Waals surface area contributed by atoms with Gasteiger partial charge in [-0.15, -0.1) is 0 Å². The number of rotatable bonds is 63. The summed E-state index contributed by atoms with van der Waals surface area (Å²) in [5, 5.41) is 3.07. The number of esters is 1. The molecule has 0 aromatic heterocycles. The molecule has 0 aromatic carbocycles. The first-order chi connectivity index (χ1) is 41.4. The van der Waals surface area contributed by atoms with Crippen molar-refractivity contribution in [3.63, 3.8) is 0 Å². The van der Waals surface area contributed by atoms with Crippen molar-refractivity contribution < 1.29 is 37.3 Å². The summed E-state index contributed by atoms with van der Waals surface area (Å²) in [5.74, 6) is -0.522. The molecule has 9 nitrogen and oxygen atoms in total. The molecule has 0 radical (unpaired) electrons. The summed E-state index contributed by atoms with van der Waals surface area (Å²) in [4.78, 5) is 37.9. The summed E-state index contributed by atoms with van der Waals surface area (Å²) in [6.45, 7) is 6.88. The lowest BCUT2D eigenvalue weighted by Gasteiger charge is -2.27. The SMILES string of the molecule is CC/C=C\C/C=C\C/C=C\C/C=C\C/C=C\CCCCCCCCCCCCCC(=O)NC(COP(=O)(O)OCC[N+](C)(C)C)C(/C=C\CCCCCCCCCCCCC)OC(=O)CCCCCCCC/C=C\C/C=C\C/C=C\CCCCC. The number of hydrogen-bond donors (Lipinski definition) is 2. The molecule has 0 fully saturated rings. The molecule has 0 saturated carbocycles. The van der Waals surface area contributed by atoms with Gasteiger partial charge in [-0.05, 0) is 115 Å². The maximum absolute atomic E-state index is 13.6. The topological polar surface area (TPSA) is 111 Å². The number of carbonyl (C=O) groups is 2. The van der Waals surface area contributed by atoms with Crippen molar-refractivity contribution in [2.24, 2.45) is 0 Å². The number of allylic oxidation sites excluding steroid dienone is 17. The number of carbonyl (C=O) groups excluding carboxylic acids is 2. The molecule has 0 rings (SSSR count). The predicted molar refractivity (Wildman–Crippen MR) is 369 cm³/mol. The molecule has 490 valence electrons. The van der Waals surface area contributed by atoms with Gasteiger partial charge in [-0.3, -0.25) is 18.6 Å². The number of nitrogens with zero attached hydrogens (tertiary/aromatic N) is 1. The quantitative estimate of drug-likeness (QED) is 0.0205. The van der Waals surface area contributed by atoms with Gasteiger partial charge >= 0.3 is 13.8 Å². The molecule has 0 heterocycles. The van der Waals surface area contributed by atoms with Crippen molar-refractivity contribution in [3.05, 3.63) is 109 Å². The van der Waals surface area contributed by atoms with Crippen LogP contribution in [0.25, 0.3) is 0 Å². The Bertz CT molecular complexity index is 1820. The third-order valence-electron chi connectivity index (χ3n) is 15.2. The van der Waals surface area contributed by atoms with Gasteiger partial charge in [0.1, 0.15) is 19.3 Å². The van der Waals surface area contributed by atoms with Crippen LogP contribution in [-0.4, -0.2) is 74.3 Å². The Morgan fingerprint density at radius 2 is 0.753 bits per heavy atom. The van der Waals surface area contributed by atoms with Gasteiger partial charge in [0.25, 0.3) is 0 Å². The van der Waals surface area contributed by atoms with Crippen LogP contribution >= 0.6 is 7.82 Å². The normalized spacial score (nSPS) is 14.2. The molecular weight excluding hydrogens is 1070 g/mol. The van der Waals surface area contributed by atoms with Crippen molar-refractivity contribution in [2.75, 3.05) is 40.9 Å². The van der Waals surface area contributed by atoms with Crippen LogP contribution in [0.4, 0.5) is 0 Å². The van der Waals surface area contributed by atoms with Crippen molar-refractivity contribution >= 4 is 19.7 Å². The number of unbranched alkanes of at least 4 members (excludes halogenated alkanes) is 31. The van der Waals surface area contributed by atoms with Gasteiger partial charge in [-0.2, -0.15) is 0 Å². The Morgan fingerprint density at radius 3 is 1.15 bits per heavy atom. The molecule has 0 aliphatic heterocycles. The molecule has 0 aromatic rings. The summed E-state index contributed by atoms with van der Waals surface area (Å²) < 4.78 is 30.8. The highest BCUT2D eigenvalue weighted by atomic mass is 31.2. The van der Waals surface area contributed by atoms with Crippen LogP contribution in [-0.2, 0) is 27.9 Å². The van der Waals surface area contributed by atoms with Crippen LogP contribution in [0.2, 0.25) is 0 Å². The van der Waals surface area contributed by atoms with E-state index >= 15 is 0 Å². The van der Waals surface area contributed by atoms with E-state index in [9.17, 15) is 19.0 Å². The second-order valence-electron chi connectivity index (χ2n) is 24.7. The number of amides is 1. The summed E-state index contributed by atoms with van der Waals surface area (Å²) in [6.07, 6.45) is 88.0. The van der Waals surface area contributed by atoms with Gasteiger partial charge in [0.05, 0.1) is 33.8 Å². The second kappa shape index (κ2) is 63.7. The number of nitrogens with one attached hydrogen (secondary N) is 1. The zero-order valence-electron chi connectivity index (χ0n) is 56.1. The zero-order chi connectivity index (χ0) is 62.1. The third-order valence-corrected chi connectivity index (χ3v) is 16.2. The van der Waals surface area contributed by atoms with E-state index in [1.54, 1.807) is 0 Å². The van der Waals surface area contributed by atoms with E-state index in [1.807, 2.05) is 33.3 Å². The van der Waals surface area contributed by atoms with Crippen LogP contribution in [0.1, 0.15) is 303 Å². The van der Waals surface area contributed by atoms with Gasteiger partial charge < -0.3 is 19.4 Å². The fraction of sp³-hybridized carbons (Fsp3) is 0.733. The van der Waals surface area contributed by atoms with Gasteiger partial charge in [-0.25, -0.2) is 4.57 Å². The van der Waals surface area contributed by atoms with Gasteiger partial charge in [0, 0.05) is 12.8 Å². The second-order valence-corrected chi connectivity index (χ2v) is 26.1. The first-order valence-electron chi connectivity index (χ1n) is 35.2. The van der Waals surface area contributed by atoms with Crippen LogP contribution in [0.5, 0.6) is 0 Å². The highest BCUT2D eigenvalue weighted by molar-refractivity contribution is 7.47. The van der Waals surface area contributed by atoms with Gasteiger partial charge in [0.15, 0.2) is 0 Å². The summed E-state index contributed by atoms with van der Waals surface area (Å²) in [6, 6.07) is -0.863. The van der Waals surface area contributed by atoms with Crippen LogP contribution in [0, 0.1) is 0 Å². The number of likely N-dealkylation sites (N-methyl/N-ethyl adjacent to an activating group) is 1. The van der Waals surface area contributed by atoms with Crippen LogP contribution in [0.15, 0.2) is 109 Å². The number of hydrogen-bond acceptors (Lipinski definition) is 6. The molecule has 2 N–H and O–H groups in total. The molecule has 10 heteroatoms. The van der Waals surface area contributed by atoms with E-state index < -0.39 is 20.0 Å². The Labute approximate surface area is 525 Å².